The molecule has 0 bridgehead atoms. The molecule has 31 heavy (non-hydrogen) atoms. The van der Waals surface area contributed by atoms with Crippen LogP contribution in [0.4, 0.5) is 11.4 Å². The first-order valence-electron chi connectivity index (χ1n) is 10.5. The number of sulfonamides is 1. The lowest BCUT2D eigenvalue weighted by molar-refractivity contribution is -0.122. The molecule has 166 valence electrons. The SMILES string of the molecule is Cc1ccc(N2C[C@H](C(=O)Nc3cc(S(=O)(=O)N4CCCC4)sc3C)CC2=O)cc1C. The highest BCUT2D eigenvalue weighted by Gasteiger charge is 2.36. The maximum atomic E-state index is 12.9. The summed E-state index contributed by atoms with van der Waals surface area (Å²) in [6.07, 6.45) is 1.89. The molecule has 0 radical (unpaired) electrons. The molecule has 1 N–H and O–H groups in total. The summed E-state index contributed by atoms with van der Waals surface area (Å²) in [4.78, 5) is 27.8. The summed E-state index contributed by atoms with van der Waals surface area (Å²) in [7, 11) is -3.52. The third-order valence-corrected chi connectivity index (χ3v) is 9.51. The Labute approximate surface area is 187 Å². The van der Waals surface area contributed by atoms with Crippen LogP contribution in [0, 0.1) is 26.7 Å². The molecule has 0 aliphatic carbocycles. The van der Waals surface area contributed by atoms with E-state index in [1.54, 1.807) is 17.9 Å². The Morgan fingerprint density at radius 2 is 1.81 bits per heavy atom. The summed E-state index contributed by atoms with van der Waals surface area (Å²) in [5.41, 5.74) is 3.55. The van der Waals surface area contributed by atoms with Gasteiger partial charge in [-0.1, -0.05) is 6.07 Å². The molecule has 9 heteroatoms. The van der Waals surface area contributed by atoms with Crippen LogP contribution in [-0.2, 0) is 19.6 Å². The topological polar surface area (TPSA) is 86.8 Å². The number of hydrogen-bond donors (Lipinski definition) is 1. The third-order valence-electron chi connectivity index (χ3n) is 6.11. The summed E-state index contributed by atoms with van der Waals surface area (Å²) < 4.78 is 27.4. The van der Waals surface area contributed by atoms with Crippen molar-refractivity contribution >= 4 is 44.5 Å². The number of carbonyl (C=O) groups is 2. The Morgan fingerprint density at radius 3 is 2.48 bits per heavy atom. The Balaban J connectivity index is 1.47. The van der Waals surface area contributed by atoms with Crippen molar-refractivity contribution in [3.8, 4) is 0 Å². The number of nitrogens with one attached hydrogen (secondary N) is 1. The molecule has 2 aromatic rings. The van der Waals surface area contributed by atoms with Crippen LogP contribution in [-0.4, -0.2) is 44.2 Å². The number of benzene rings is 1. The van der Waals surface area contributed by atoms with Crippen LogP contribution < -0.4 is 10.2 Å². The predicted octanol–water partition coefficient (Wildman–Crippen LogP) is 3.45. The lowest BCUT2D eigenvalue weighted by atomic mass is 10.1. The molecule has 2 aliphatic rings. The fourth-order valence-corrected chi connectivity index (χ4v) is 7.09. The Morgan fingerprint density at radius 1 is 1.10 bits per heavy atom. The second kappa shape index (κ2) is 8.37. The van der Waals surface area contributed by atoms with Crippen molar-refractivity contribution in [2.24, 2.45) is 5.92 Å². The average molecular weight is 462 g/mol. The van der Waals surface area contributed by atoms with Gasteiger partial charge in [-0.3, -0.25) is 9.59 Å². The van der Waals surface area contributed by atoms with Gasteiger partial charge in [-0.2, -0.15) is 4.31 Å². The van der Waals surface area contributed by atoms with Gasteiger partial charge < -0.3 is 10.2 Å². The highest BCUT2D eigenvalue weighted by Crippen LogP contribution is 2.34. The predicted molar refractivity (Wildman–Crippen MR) is 122 cm³/mol. The fourth-order valence-electron chi connectivity index (χ4n) is 4.02. The van der Waals surface area contributed by atoms with Crippen LogP contribution in [0.15, 0.2) is 28.5 Å². The van der Waals surface area contributed by atoms with Crippen molar-refractivity contribution in [2.45, 2.75) is 44.2 Å². The van der Waals surface area contributed by atoms with Crippen LogP contribution in [0.1, 0.15) is 35.3 Å². The van der Waals surface area contributed by atoms with Gasteiger partial charge in [0.1, 0.15) is 4.21 Å². The molecular weight excluding hydrogens is 434 g/mol. The van der Waals surface area contributed by atoms with E-state index in [9.17, 15) is 18.0 Å². The summed E-state index contributed by atoms with van der Waals surface area (Å²) >= 11 is 1.17. The largest absolute Gasteiger partial charge is 0.325 e. The van der Waals surface area contributed by atoms with E-state index < -0.39 is 15.9 Å². The van der Waals surface area contributed by atoms with Gasteiger partial charge in [0.05, 0.1) is 11.6 Å². The van der Waals surface area contributed by atoms with Crippen molar-refractivity contribution in [2.75, 3.05) is 29.9 Å². The molecule has 7 nitrogen and oxygen atoms in total. The van der Waals surface area contributed by atoms with Crippen LogP contribution in [0.2, 0.25) is 0 Å². The summed E-state index contributed by atoms with van der Waals surface area (Å²) in [6.45, 7) is 7.21. The molecule has 2 fully saturated rings. The van der Waals surface area contributed by atoms with Crippen molar-refractivity contribution in [3.63, 3.8) is 0 Å². The first kappa shape index (κ1) is 22.0. The van der Waals surface area contributed by atoms with Crippen LogP contribution >= 0.6 is 11.3 Å². The van der Waals surface area contributed by atoms with Crippen molar-refractivity contribution in [1.82, 2.24) is 4.31 Å². The standard InChI is InChI=1S/C22H27N3O4S2/c1-14-6-7-18(10-15(14)2)25-13-17(11-20(25)26)22(27)23-19-12-21(30-16(19)3)31(28,29)24-8-4-5-9-24/h6-7,10,12,17H,4-5,8-9,11,13H2,1-3H3,(H,23,27)/t17-/m1/s1. The molecule has 2 aliphatic heterocycles. The first-order chi connectivity index (χ1) is 14.7. The number of nitrogens with zero attached hydrogens (tertiary/aromatic N) is 2. The molecule has 1 aromatic carbocycles. The van der Waals surface area contributed by atoms with Gasteiger partial charge in [-0.25, -0.2) is 8.42 Å². The zero-order valence-corrected chi connectivity index (χ0v) is 19.6. The van der Waals surface area contributed by atoms with Crippen molar-refractivity contribution in [1.29, 1.82) is 0 Å². The summed E-state index contributed by atoms with van der Waals surface area (Å²) in [5, 5.41) is 2.86. The molecular formula is C22H27N3O4S2. The molecule has 4 rings (SSSR count). The number of carbonyl (C=O) groups excluding carboxylic acids is 2. The minimum Gasteiger partial charge on any atom is -0.325 e. The normalized spacial score (nSPS) is 19.9. The van der Waals surface area contributed by atoms with Crippen LogP contribution in [0.5, 0.6) is 0 Å². The molecule has 2 amide bonds. The van der Waals surface area contributed by atoms with E-state index in [2.05, 4.69) is 5.32 Å². The highest BCUT2D eigenvalue weighted by atomic mass is 32.2. The lowest BCUT2D eigenvalue weighted by Crippen LogP contribution is -2.28. The number of rotatable bonds is 5. The second-order valence-electron chi connectivity index (χ2n) is 8.31. The molecule has 0 saturated carbocycles. The molecule has 0 unspecified atom stereocenters. The lowest BCUT2D eigenvalue weighted by Gasteiger charge is -2.18. The Kier molecular flexibility index (Phi) is 5.93. The van der Waals surface area contributed by atoms with Gasteiger partial charge in [-0.05, 0) is 62.9 Å². The van der Waals surface area contributed by atoms with Gasteiger partial charge >= 0.3 is 0 Å². The van der Waals surface area contributed by atoms with Crippen LogP contribution in [0.3, 0.4) is 0 Å². The average Bonchev–Trinajstić information content (AvgIpc) is 3.45. The zero-order chi connectivity index (χ0) is 22.3. The number of anilines is 2. The Bertz CT molecular complexity index is 1130. The van der Waals surface area contributed by atoms with E-state index >= 15 is 0 Å². The third kappa shape index (κ3) is 4.26. The van der Waals surface area contributed by atoms with Crippen molar-refractivity contribution in [3.05, 3.63) is 40.3 Å². The number of thiophene rings is 1. The van der Waals surface area contributed by atoms with Gasteiger partial charge in [-0.15, -0.1) is 11.3 Å². The molecule has 3 heterocycles. The first-order valence-corrected chi connectivity index (χ1v) is 12.7. The van der Waals surface area contributed by atoms with E-state index in [0.29, 0.717) is 25.3 Å². The van der Waals surface area contributed by atoms with E-state index in [1.165, 1.54) is 15.6 Å². The Hall–Kier alpha value is -2.23. The van der Waals surface area contributed by atoms with Crippen molar-refractivity contribution < 1.29 is 18.0 Å². The van der Waals surface area contributed by atoms with Gasteiger partial charge in [0.15, 0.2) is 0 Å². The number of hydrogen-bond acceptors (Lipinski definition) is 5. The van der Waals surface area contributed by atoms with E-state index in [0.717, 1.165) is 34.5 Å². The number of aryl methyl sites for hydroxylation is 3. The second-order valence-corrected chi connectivity index (χ2v) is 11.7. The van der Waals surface area contributed by atoms with Crippen LogP contribution in [0.25, 0.3) is 0 Å². The molecule has 1 atom stereocenters. The maximum absolute atomic E-state index is 12.9. The zero-order valence-electron chi connectivity index (χ0n) is 18.0. The highest BCUT2D eigenvalue weighted by molar-refractivity contribution is 7.91. The quantitative estimate of drug-likeness (QED) is 0.739. The molecule has 0 spiro atoms. The van der Waals surface area contributed by atoms with E-state index in [-0.39, 0.29) is 22.4 Å². The molecule has 1 aromatic heterocycles. The van der Waals surface area contributed by atoms with Gasteiger partial charge in [0.25, 0.3) is 10.0 Å². The minimum atomic E-state index is -3.52. The summed E-state index contributed by atoms with van der Waals surface area (Å²) in [5.74, 6) is -0.819. The van der Waals surface area contributed by atoms with Gasteiger partial charge in [0.2, 0.25) is 11.8 Å². The van der Waals surface area contributed by atoms with E-state index in [1.807, 2.05) is 32.0 Å². The fraction of sp³-hybridized carbons (Fsp3) is 0.455. The van der Waals surface area contributed by atoms with E-state index in [4.69, 9.17) is 0 Å². The summed E-state index contributed by atoms with van der Waals surface area (Å²) in [6, 6.07) is 7.39. The monoisotopic (exact) mass is 461 g/mol. The minimum absolute atomic E-state index is 0.0808. The maximum Gasteiger partial charge on any atom is 0.252 e. The number of amides is 2. The van der Waals surface area contributed by atoms with Gasteiger partial charge in [0, 0.05) is 36.6 Å². The molecule has 2 saturated heterocycles. The smallest absolute Gasteiger partial charge is 0.252 e.